The number of Topliss-reactive ketones (excluding diaryl/α,β-unsaturated/α-hetero) is 1. The van der Waals surface area contributed by atoms with Crippen LogP contribution in [0.25, 0.3) is 0 Å². The molecule has 1 atom stereocenters. The topological polar surface area (TPSA) is 63.6 Å². The first-order valence-electron chi connectivity index (χ1n) is 7.03. The monoisotopic (exact) mass is 288 g/mol. The molecular weight excluding hydrogens is 268 g/mol. The van der Waals surface area contributed by atoms with Gasteiger partial charge in [0.15, 0.2) is 5.78 Å². The van der Waals surface area contributed by atoms with Crippen LogP contribution in [0, 0.1) is 17.8 Å². The van der Waals surface area contributed by atoms with Gasteiger partial charge in [0.05, 0.1) is 6.61 Å². The lowest BCUT2D eigenvalue weighted by Gasteiger charge is -2.14. The Morgan fingerprint density at radius 3 is 2.57 bits per heavy atom. The summed E-state index contributed by atoms with van der Waals surface area (Å²) in [4.78, 5) is 24.4. The Hall–Kier alpha value is -2.12. The second-order valence-electron chi connectivity index (χ2n) is 4.44. The molecule has 0 radical (unpaired) electrons. The molecule has 1 rings (SSSR count). The number of esters is 1. The average Bonchev–Trinajstić information content (AvgIpc) is 2.51. The first-order valence-corrected chi connectivity index (χ1v) is 7.03. The normalized spacial score (nSPS) is 11.1. The third-order valence-electron chi connectivity index (χ3n) is 2.94. The highest BCUT2D eigenvalue weighted by molar-refractivity contribution is 6.08. The van der Waals surface area contributed by atoms with E-state index in [4.69, 9.17) is 9.84 Å². The number of aliphatic hydroxyl groups is 1. The van der Waals surface area contributed by atoms with Crippen molar-refractivity contribution in [2.75, 3.05) is 13.2 Å². The number of carbonyl (C=O) groups is 2. The second kappa shape index (κ2) is 9.73. The Balaban J connectivity index is 2.72. The van der Waals surface area contributed by atoms with Crippen LogP contribution in [0.4, 0.5) is 0 Å². The first kappa shape index (κ1) is 16.9. The molecule has 0 aliphatic carbocycles. The van der Waals surface area contributed by atoms with Crippen molar-refractivity contribution < 1.29 is 19.4 Å². The predicted molar refractivity (Wildman–Crippen MR) is 79.6 cm³/mol. The summed E-state index contributed by atoms with van der Waals surface area (Å²) < 4.78 is 4.99. The van der Waals surface area contributed by atoms with Gasteiger partial charge >= 0.3 is 5.97 Å². The fourth-order valence-electron chi connectivity index (χ4n) is 1.94. The van der Waals surface area contributed by atoms with E-state index in [2.05, 4.69) is 11.8 Å². The van der Waals surface area contributed by atoms with Gasteiger partial charge in [-0.2, -0.15) is 0 Å². The van der Waals surface area contributed by atoms with Crippen molar-refractivity contribution in [2.24, 2.45) is 5.92 Å². The first-order chi connectivity index (χ1) is 10.2. The lowest BCUT2D eigenvalue weighted by molar-refractivity contribution is -0.146. The lowest BCUT2D eigenvalue weighted by atomic mass is 9.92. The maximum Gasteiger partial charge on any atom is 0.316 e. The molecule has 112 valence electrons. The highest BCUT2D eigenvalue weighted by Gasteiger charge is 2.28. The minimum atomic E-state index is -0.789. The summed E-state index contributed by atoms with van der Waals surface area (Å²) in [6, 6.07) is 8.74. The van der Waals surface area contributed by atoms with Crippen LogP contribution in [-0.2, 0) is 9.53 Å². The summed E-state index contributed by atoms with van der Waals surface area (Å²) in [5.74, 6) is 3.83. The molecule has 0 heterocycles. The number of benzene rings is 1. The van der Waals surface area contributed by atoms with Crippen molar-refractivity contribution in [1.29, 1.82) is 0 Å². The van der Waals surface area contributed by atoms with Crippen LogP contribution in [0.3, 0.4) is 0 Å². The van der Waals surface area contributed by atoms with Gasteiger partial charge in [-0.1, -0.05) is 36.3 Å². The molecule has 0 aliphatic rings. The molecule has 1 aromatic rings. The minimum absolute atomic E-state index is 0.176. The molecule has 0 amide bonds. The van der Waals surface area contributed by atoms with Crippen molar-refractivity contribution >= 4 is 11.8 Å². The molecule has 1 N–H and O–H groups in total. The number of aliphatic hydroxyl groups excluding tert-OH is 1. The van der Waals surface area contributed by atoms with Crippen molar-refractivity contribution in [3.8, 4) is 11.8 Å². The molecule has 0 saturated heterocycles. The Morgan fingerprint density at radius 2 is 1.95 bits per heavy atom. The number of rotatable bonds is 7. The van der Waals surface area contributed by atoms with Gasteiger partial charge in [0, 0.05) is 12.0 Å². The van der Waals surface area contributed by atoms with E-state index in [1.165, 1.54) is 0 Å². The van der Waals surface area contributed by atoms with Gasteiger partial charge in [0.1, 0.15) is 12.5 Å². The molecule has 21 heavy (non-hydrogen) atoms. The number of unbranched alkanes of at least 4 members (excludes halogenated alkanes) is 1. The smallest absolute Gasteiger partial charge is 0.316 e. The van der Waals surface area contributed by atoms with Gasteiger partial charge in [0.2, 0.25) is 0 Å². The van der Waals surface area contributed by atoms with Crippen LogP contribution in [-0.4, -0.2) is 30.1 Å². The molecule has 0 aromatic heterocycles. The van der Waals surface area contributed by atoms with Crippen LogP contribution in [0.5, 0.6) is 0 Å². The fourth-order valence-corrected chi connectivity index (χ4v) is 1.94. The van der Waals surface area contributed by atoms with Crippen molar-refractivity contribution in [1.82, 2.24) is 0 Å². The molecular formula is C17H20O4. The van der Waals surface area contributed by atoms with Gasteiger partial charge in [-0.05, 0) is 19.8 Å². The standard InChI is InChI=1S/C17H20O4/c1-2-21-17(20)15(12-8-3-4-9-13-18)16(19)14-10-6-5-7-11-14/h5-7,10-11,15,18H,2-3,8,12-13H2,1H3. The lowest BCUT2D eigenvalue weighted by Crippen LogP contribution is -2.26. The van der Waals surface area contributed by atoms with Gasteiger partial charge in [-0.25, -0.2) is 0 Å². The third kappa shape index (κ3) is 5.80. The van der Waals surface area contributed by atoms with Crippen molar-refractivity contribution in [3.05, 3.63) is 35.9 Å². The fraction of sp³-hybridized carbons (Fsp3) is 0.412. The van der Waals surface area contributed by atoms with Crippen LogP contribution >= 0.6 is 0 Å². The Kier molecular flexibility index (Phi) is 7.85. The SMILES string of the molecule is CCOC(=O)C(CCCC#CCO)C(=O)c1ccccc1. The van der Waals surface area contributed by atoms with E-state index in [1.807, 2.05) is 6.07 Å². The predicted octanol–water partition coefficient (Wildman–Crippen LogP) is 2.21. The van der Waals surface area contributed by atoms with E-state index >= 15 is 0 Å². The van der Waals surface area contributed by atoms with E-state index in [0.29, 0.717) is 24.8 Å². The summed E-state index contributed by atoms with van der Waals surface area (Å²) in [6.45, 7) is 1.79. The molecule has 0 aliphatic heterocycles. The summed E-state index contributed by atoms with van der Waals surface area (Å²) in [7, 11) is 0. The summed E-state index contributed by atoms with van der Waals surface area (Å²) in [6.07, 6.45) is 1.54. The zero-order valence-corrected chi connectivity index (χ0v) is 12.2. The molecule has 1 aromatic carbocycles. The molecule has 0 fully saturated rings. The minimum Gasteiger partial charge on any atom is -0.465 e. The van der Waals surface area contributed by atoms with E-state index in [1.54, 1.807) is 31.2 Å². The summed E-state index contributed by atoms with van der Waals surface area (Å²) in [5, 5.41) is 8.57. The van der Waals surface area contributed by atoms with E-state index in [-0.39, 0.29) is 19.0 Å². The highest BCUT2D eigenvalue weighted by atomic mass is 16.5. The van der Waals surface area contributed by atoms with Crippen molar-refractivity contribution in [3.63, 3.8) is 0 Å². The van der Waals surface area contributed by atoms with Gasteiger partial charge in [0.25, 0.3) is 0 Å². The van der Waals surface area contributed by atoms with E-state index < -0.39 is 11.9 Å². The number of ether oxygens (including phenoxy) is 1. The number of hydrogen-bond acceptors (Lipinski definition) is 4. The molecule has 4 nitrogen and oxygen atoms in total. The largest absolute Gasteiger partial charge is 0.465 e. The van der Waals surface area contributed by atoms with E-state index in [9.17, 15) is 9.59 Å². The molecule has 0 bridgehead atoms. The number of hydrogen-bond donors (Lipinski definition) is 1. The Bertz CT molecular complexity index is 511. The average molecular weight is 288 g/mol. The van der Waals surface area contributed by atoms with Gasteiger partial charge in [-0.3, -0.25) is 9.59 Å². The van der Waals surface area contributed by atoms with Crippen LogP contribution < -0.4 is 0 Å². The molecule has 0 spiro atoms. The van der Waals surface area contributed by atoms with Gasteiger partial charge < -0.3 is 9.84 Å². The maximum atomic E-state index is 12.4. The number of ketones is 1. The zero-order valence-electron chi connectivity index (χ0n) is 12.2. The summed E-state index contributed by atoms with van der Waals surface area (Å²) in [5.41, 5.74) is 0.511. The quantitative estimate of drug-likeness (QED) is 0.275. The van der Waals surface area contributed by atoms with Crippen molar-refractivity contribution in [2.45, 2.75) is 26.2 Å². The summed E-state index contributed by atoms with van der Waals surface area (Å²) >= 11 is 0. The molecule has 1 unspecified atom stereocenters. The molecule has 4 heteroatoms. The van der Waals surface area contributed by atoms with Crippen LogP contribution in [0.1, 0.15) is 36.5 Å². The van der Waals surface area contributed by atoms with Crippen LogP contribution in [0.15, 0.2) is 30.3 Å². The molecule has 0 saturated carbocycles. The van der Waals surface area contributed by atoms with Crippen LogP contribution in [0.2, 0.25) is 0 Å². The maximum absolute atomic E-state index is 12.4. The third-order valence-corrected chi connectivity index (χ3v) is 2.94. The van der Waals surface area contributed by atoms with Gasteiger partial charge in [-0.15, -0.1) is 5.92 Å². The zero-order chi connectivity index (χ0) is 15.5. The highest BCUT2D eigenvalue weighted by Crippen LogP contribution is 2.17. The number of carbonyl (C=O) groups excluding carboxylic acids is 2. The van der Waals surface area contributed by atoms with E-state index in [0.717, 1.165) is 0 Å². The Morgan fingerprint density at radius 1 is 1.24 bits per heavy atom. The second-order valence-corrected chi connectivity index (χ2v) is 4.44. The Labute approximate surface area is 125 Å².